The molecule has 2 atom stereocenters. The summed E-state index contributed by atoms with van der Waals surface area (Å²) in [6, 6.07) is 10.8. The third-order valence-corrected chi connectivity index (χ3v) is 4.89. The standard InChI is InChI=1S/C20H22N2O4/c1-13-16(18-8-3-4-9-21-18)6-5-7-17(13)20(25)22-12-15(26-2)10-14(22)11-19(23)24/h3-9,14-15H,10-12H2,1-2H3,(H,23,24). The van der Waals surface area contributed by atoms with Crippen molar-refractivity contribution in [1.82, 2.24) is 9.88 Å². The molecule has 0 bridgehead atoms. The van der Waals surface area contributed by atoms with Gasteiger partial charge in [-0.3, -0.25) is 14.6 Å². The van der Waals surface area contributed by atoms with Crippen LogP contribution in [-0.2, 0) is 9.53 Å². The van der Waals surface area contributed by atoms with Crippen molar-refractivity contribution in [1.29, 1.82) is 0 Å². The van der Waals surface area contributed by atoms with Crippen molar-refractivity contribution in [3.8, 4) is 11.3 Å². The van der Waals surface area contributed by atoms with E-state index >= 15 is 0 Å². The average molecular weight is 354 g/mol. The predicted molar refractivity (Wildman–Crippen MR) is 96.9 cm³/mol. The molecule has 2 unspecified atom stereocenters. The second-order valence-electron chi connectivity index (χ2n) is 6.50. The van der Waals surface area contributed by atoms with Crippen LogP contribution in [0.3, 0.4) is 0 Å². The number of carbonyl (C=O) groups is 2. The number of likely N-dealkylation sites (tertiary alicyclic amines) is 1. The number of hydrogen-bond donors (Lipinski definition) is 1. The van der Waals surface area contributed by atoms with E-state index in [0.29, 0.717) is 18.5 Å². The first-order valence-corrected chi connectivity index (χ1v) is 8.57. The van der Waals surface area contributed by atoms with E-state index in [9.17, 15) is 9.59 Å². The first-order chi connectivity index (χ1) is 12.5. The Bertz CT molecular complexity index is 807. The van der Waals surface area contributed by atoms with Crippen molar-refractivity contribution in [2.24, 2.45) is 0 Å². The Kier molecular flexibility index (Phi) is 5.32. The van der Waals surface area contributed by atoms with Crippen molar-refractivity contribution in [3.63, 3.8) is 0 Å². The number of pyridine rings is 1. The van der Waals surface area contributed by atoms with E-state index in [1.807, 2.05) is 37.3 Å². The van der Waals surface area contributed by atoms with Crippen LogP contribution in [0, 0.1) is 6.92 Å². The zero-order valence-electron chi connectivity index (χ0n) is 14.9. The molecule has 1 saturated heterocycles. The Hall–Kier alpha value is -2.73. The van der Waals surface area contributed by atoms with Gasteiger partial charge >= 0.3 is 5.97 Å². The first-order valence-electron chi connectivity index (χ1n) is 8.57. The van der Waals surface area contributed by atoms with Gasteiger partial charge in [-0.1, -0.05) is 18.2 Å². The highest BCUT2D eigenvalue weighted by Gasteiger charge is 2.37. The topological polar surface area (TPSA) is 79.7 Å². The minimum atomic E-state index is -0.913. The van der Waals surface area contributed by atoms with Gasteiger partial charge in [0.25, 0.3) is 5.91 Å². The van der Waals surface area contributed by atoms with E-state index in [0.717, 1.165) is 16.8 Å². The SMILES string of the molecule is COC1CC(CC(=O)O)N(C(=O)c2cccc(-c3ccccn3)c2C)C1. The zero-order chi connectivity index (χ0) is 18.7. The van der Waals surface area contributed by atoms with Gasteiger partial charge in [0.2, 0.25) is 0 Å². The maximum Gasteiger partial charge on any atom is 0.305 e. The molecule has 6 nitrogen and oxygen atoms in total. The minimum Gasteiger partial charge on any atom is -0.481 e. The van der Waals surface area contributed by atoms with Crippen molar-refractivity contribution in [3.05, 3.63) is 53.7 Å². The molecule has 1 fully saturated rings. The van der Waals surface area contributed by atoms with Crippen LogP contribution in [0.2, 0.25) is 0 Å². The van der Waals surface area contributed by atoms with Crippen molar-refractivity contribution in [2.75, 3.05) is 13.7 Å². The highest BCUT2D eigenvalue weighted by molar-refractivity contribution is 5.98. The summed E-state index contributed by atoms with van der Waals surface area (Å²) in [5.74, 6) is -1.07. The lowest BCUT2D eigenvalue weighted by Crippen LogP contribution is -2.37. The van der Waals surface area contributed by atoms with E-state index < -0.39 is 5.97 Å². The smallest absolute Gasteiger partial charge is 0.305 e. The molecule has 1 aliphatic rings. The van der Waals surface area contributed by atoms with E-state index in [-0.39, 0.29) is 24.5 Å². The van der Waals surface area contributed by atoms with Crippen molar-refractivity contribution < 1.29 is 19.4 Å². The highest BCUT2D eigenvalue weighted by Crippen LogP contribution is 2.29. The quantitative estimate of drug-likeness (QED) is 0.893. The van der Waals surface area contributed by atoms with Gasteiger partial charge in [-0.25, -0.2) is 0 Å². The second kappa shape index (κ2) is 7.66. The first kappa shape index (κ1) is 18.1. The monoisotopic (exact) mass is 354 g/mol. The number of benzene rings is 1. The number of carbonyl (C=O) groups excluding carboxylic acids is 1. The van der Waals surface area contributed by atoms with E-state index in [4.69, 9.17) is 9.84 Å². The molecule has 6 heteroatoms. The van der Waals surface area contributed by atoms with E-state index in [2.05, 4.69) is 4.98 Å². The van der Waals surface area contributed by atoms with Crippen LogP contribution in [0.25, 0.3) is 11.3 Å². The van der Waals surface area contributed by atoms with Gasteiger partial charge < -0.3 is 14.7 Å². The average Bonchev–Trinajstić information content (AvgIpc) is 3.04. The summed E-state index contributed by atoms with van der Waals surface area (Å²) in [5.41, 5.74) is 3.11. The fourth-order valence-corrected chi connectivity index (χ4v) is 3.51. The summed E-state index contributed by atoms with van der Waals surface area (Å²) in [6.45, 7) is 2.30. The van der Waals surface area contributed by atoms with Crippen LogP contribution >= 0.6 is 0 Å². The summed E-state index contributed by atoms with van der Waals surface area (Å²) in [5, 5.41) is 9.16. The van der Waals surface area contributed by atoms with Crippen LogP contribution in [0.5, 0.6) is 0 Å². The van der Waals surface area contributed by atoms with Crippen LogP contribution in [-0.4, -0.2) is 52.7 Å². The molecule has 1 aliphatic heterocycles. The fraction of sp³-hybridized carbons (Fsp3) is 0.350. The van der Waals surface area contributed by atoms with Crippen LogP contribution in [0.1, 0.15) is 28.8 Å². The number of carboxylic acid groups (broad SMARTS) is 1. The fourth-order valence-electron chi connectivity index (χ4n) is 3.51. The molecular formula is C20H22N2O4. The van der Waals surface area contributed by atoms with E-state index in [1.54, 1.807) is 24.3 Å². The summed E-state index contributed by atoms with van der Waals surface area (Å²) < 4.78 is 5.37. The Morgan fingerprint density at radius 2 is 2.08 bits per heavy atom. The molecule has 0 saturated carbocycles. The molecule has 0 spiro atoms. The van der Waals surface area contributed by atoms with Crippen molar-refractivity contribution in [2.45, 2.75) is 31.9 Å². The lowest BCUT2D eigenvalue weighted by molar-refractivity contribution is -0.137. The third kappa shape index (κ3) is 3.60. The number of rotatable bonds is 5. The normalized spacial score (nSPS) is 19.5. The molecule has 26 heavy (non-hydrogen) atoms. The maximum atomic E-state index is 13.2. The lowest BCUT2D eigenvalue weighted by Gasteiger charge is -2.24. The Balaban J connectivity index is 1.93. The molecule has 0 radical (unpaired) electrons. The Morgan fingerprint density at radius 1 is 1.27 bits per heavy atom. The Labute approximate surface area is 152 Å². The van der Waals surface area contributed by atoms with Crippen molar-refractivity contribution >= 4 is 11.9 Å². The summed E-state index contributed by atoms with van der Waals surface area (Å²) in [6.07, 6.45) is 2.04. The Morgan fingerprint density at radius 3 is 2.73 bits per heavy atom. The van der Waals surface area contributed by atoms with Gasteiger partial charge in [-0.2, -0.15) is 0 Å². The maximum absolute atomic E-state index is 13.2. The molecule has 1 N–H and O–H groups in total. The molecule has 1 aromatic heterocycles. The summed E-state index contributed by atoms with van der Waals surface area (Å²) >= 11 is 0. The lowest BCUT2D eigenvalue weighted by atomic mass is 9.98. The number of carboxylic acids is 1. The molecular weight excluding hydrogens is 332 g/mol. The molecule has 3 rings (SSSR count). The molecule has 1 aromatic carbocycles. The second-order valence-corrected chi connectivity index (χ2v) is 6.50. The minimum absolute atomic E-state index is 0.0788. The van der Waals surface area contributed by atoms with Gasteiger partial charge in [0.15, 0.2) is 0 Å². The highest BCUT2D eigenvalue weighted by atomic mass is 16.5. The number of ether oxygens (including phenoxy) is 1. The molecule has 136 valence electrons. The molecule has 2 aromatic rings. The van der Waals surface area contributed by atoms with Gasteiger partial charge in [0, 0.05) is 37.0 Å². The molecule has 1 amide bonds. The summed E-state index contributed by atoms with van der Waals surface area (Å²) in [7, 11) is 1.59. The van der Waals surface area contributed by atoms with E-state index in [1.165, 1.54) is 0 Å². The number of amides is 1. The number of methoxy groups -OCH3 is 1. The largest absolute Gasteiger partial charge is 0.481 e. The summed E-state index contributed by atoms with van der Waals surface area (Å²) in [4.78, 5) is 30.3. The van der Waals surface area contributed by atoms with Gasteiger partial charge in [-0.15, -0.1) is 0 Å². The van der Waals surface area contributed by atoms with Crippen LogP contribution in [0.15, 0.2) is 42.6 Å². The number of aliphatic carboxylic acids is 1. The van der Waals surface area contributed by atoms with Crippen LogP contribution in [0.4, 0.5) is 0 Å². The predicted octanol–water partition coefficient (Wildman–Crippen LogP) is 2.76. The van der Waals surface area contributed by atoms with Gasteiger partial charge in [0.05, 0.1) is 18.2 Å². The third-order valence-electron chi connectivity index (χ3n) is 4.89. The molecule has 0 aliphatic carbocycles. The van der Waals surface area contributed by atoms with Crippen LogP contribution < -0.4 is 0 Å². The number of nitrogens with zero attached hydrogens (tertiary/aromatic N) is 2. The number of aromatic nitrogens is 1. The van der Waals surface area contributed by atoms with Gasteiger partial charge in [0.1, 0.15) is 0 Å². The zero-order valence-corrected chi connectivity index (χ0v) is 14.9. The number of hydrogen-bond acceptors (Lipinski definition) is 4. The molecule has 2 heterocycles. The van der Waals surface area contributed by atoms with Gasteiger partial charge in [-0.05, 0) is 37.1 Å².